The van der Waals surface area contributed by atoms with E-state index in [1.807, 2.05) is 18.2 Å². The van der Waals surface area contributed by atoms with Gasteiger partial charge >= 0.3 is 5.97 Å². The Morgan fingerprint density at radius 1 is 1.14 bits per heavy atom. The Bertz CT molecular complexity index is 934. The molecule has 3 fully saturated rings. The maximum absolute atomic E-state index is 14.7. The molecule has 3 saturated carbocycles. The first-order valence-corrected chi connectivity index (χ1v) is 9.74. The first-order valence-electron chi connectivity index (χ1n) is 9.37. The largest absolute Gasteiger partial charge is 0.342 e. The van der Waals surface area contributed by atoms with Gasteiger partial charge < -0.3 is 4.84 Å². The predicted octanol–water partition coefficient (Wildman–Crippen LogP) is 4.37. The van der Waals surface area contributed by atoms with Crippen molar-refractivity contribution in [1.82, 2.24) is 9.97 Å². The van der Waals surface area contributed by atoms with Crippen molar-refractivity contribution in [2.45, 2.75) is 32.1 Å². The van der Waals surface area contributed by atoms with Crippen LogP contribution >= 0.6 is 11.6 Å². The highest BCUT2D eigenvalue weighted by Crippen LogP contribution is 2.45. The molecule has 3 aliphatic rings. The topological polar surface area (TPSA) is 64.1 Å². The molecule has 3 aliphatic carbocycles. The number of anilines is 1. The third-order valence-electron chi connectivity index (χ3n) is 5.52. The number of hydrogen-bond acceptors (Lipinski definition) is 5. The number of fused-ring (bicyclic) bond motifs is 3. The number of carbonyl (C=O) groups excluding carboxylic acids is 1. The van der Waals surface area contributed by atoms with Crippen molar-refractivity contribution in [2.24, 2.45) is 17.8 Å². The smallest absolute Gasteiger partial charge is 0.335 e. The lowest BCUT2D eigenvalue weighted by Gasteiger charge is -2.40. The molecule has 2 bridgehead atoms. The summed E-state index contributed by atoms with van der Waals surface area (Å²) in [6, 6.07) is 9.12. The highest BCUT2D eigenvalue weighted by molar-refractivity contribution is 6.28. The highest BCUT2D eigenvalue weighted by atomic mass is 35.5. The van der Waals surface area contributed by atoms with E-state index >= 15 is 0 Å². The van der Waals surface area contributed by atoms with E-state index in [4.69, 9.17) is 16.4 Å². The number of rotatable bonds is 3. The summed E-state index contributed by atoms with van der Waals surface area (Å²) in [7, 11) is 0. The van der Waals surface area contributed by atoms with Gasteiger partial charge in [-0.1, -0.05) is 37.0 Å². The SMILES string of the molecule is O=C(ONc1nc(Cl)nc(C#Cc2ccccc2)c1F)C1CC2CCC1CC2. The number of carbonyl (C=O) groups is 1. The average Bonchev–Trinajstić information content (AvgIpc) is 2.74. The molecular weight excluding hydrogens is 381 g/mol. The standard InChI is InChI=1S/C21H19ClFN3O2/c22-21-24-17(11-8-13-4-2-1-3-5-13)18(23)19(25-21)26-28-20(27)16-12-14-6-9-15(16)10-7-14/h1-5,14-16H,6-7,9-10,12H2,(H,24,25,26). The van der Waals surface area contributed by atoms with Gasteiger partial charge in [0, 0.05) is 5.56 Å². The van der Waals surface area contributed by atoms with Gasteiger partial charge in [0.05, 0.1) is 5.92 Å². The van der Waals surface area contributed by atoms with Gasteiger partial charge in [0.15, 0.2) is 5.69 Å². The minimum absolute atomic E-state index is 0.141. The zero-order valence-electron chi connectivity index (χ0n) is 15.1. The molecule has 1 unspecified atom stereocenters. The molecule has 0 amide bonds. The Kier molecular flexibility index (Phi) is 5.45. The fourth-order valence-corrected chi connectivity index (χ4v) is 4.23. The Morgan fingerprint density at radius 2 is 1.89 bits per heavy atom. The van der Waals surface area contributed by atoms with Crippen LogP contribution in [-0.2, 0) is 9.63 Å². The number of benzene rings is 1. The van der Waals surface area contributed by atoms with Crippen molar-refractivity contribution >= 4 is 23.4 Å². The van der Waals surface area contributed by atoms with E-state index in [9.17, 15) is 9.18 Å². The Hall–Kier alpha value is -2.65. The molecule has 1 heterocycles. The summed E-state index contributed by atoms with van der Waals surface area (Å²) in [5.41, 5.74) is 2.87. The Balaban J connectivity index is 1.47. The van der Waals surface area contributed by atoms with Crippen LogP contribution in [0.4, 0.5) is 10.2 Å². The molecule has 28 heavy (non-hydrogen) atoms. The second kappa shape index (κ2) is 8.15. The van der Waals surface area contributed by atoms with E-state index < -0.39 is 5.82 Å². The van der Waals surface area contributed by atoms with Gasteiger partial charge in [0.2, 0.25) is 16.9 Å². The molecule has 0 aliphatic heterocycles. The molecular formula is C21H19ClFN3O2. The normalized spacial score (nSPS) is 22.9. The number of nitrogens with one attached hydrogen (secondary N) is 1. The quantitative estimate of drug-likeness (QED) is 0.472. The zero-order valence-corrected chi connectivity index (χ0v) is 15.9. The molecule has 0 spiro atoms. The van der Waals surface area contributed by atoms with E-state index in [2.05, 4.69) is 27.3 Å². The van der Waals surface area contributed by atoms with E-state index in [-0.39, 0.29) is 28.7 Å². The van der Waals surface area contributed by atoms with Crippen LogP contribution in [0.3, 0.4) is 0 Å². The maximum atomic E-state index is 14.7. The fraction of sp³-hybridized carbons (Fsp3) is 0.381. The van der Waals surface area contributed by atoms with Crippen LogP contribution < -0.4 is 5.48 Å². The molecule has 144 valence electrons. The Labute approximate surface area is 167 Å². The number of nitrogens with zero attached hydrogens (tertiary/aromatic N) is 2. The van der Waals surface area contributed by atoms with Gasteiger partial charge in [-0.3, -0.25) is 0 Å². The third-order valence-corrected chi connectivity index (χ3v) is 5.69. The zero-order chi connectivity index (χ0) is 19.5. The molecule has 0 radical (unpaired) electrons. The van der Waals surface area contributed by atoms with Crippen LogP contribution in [0.2, 0.25) is 5.28 Å². The lowest BCUT2D eigenvalue weighted by atomic mass is 9.65. The van der Waals surface area contributed by atoms with Crippen LogP contribution in [0.1, 0.15) is 43.4 Å². The molecule has 1 aromatic carbocycles. The molecule has 0 saturated heterocycles. The summed E-state index contributed by atoms with van der Waals surface area (Å²) < 4.78 is 14.7. The minimum Gasteiger partial charge on any atom is -0.342 e. The summed E-state index contributed by atoms with van der Waals surface area (Å²) in [6.45, 7) is 0. The molecule has 5 nitrogen and oxygen atoms in total. The van der Waals surface area contributed by atoms with Crippen molar-refractivity contribution < 1.29 is 14.0 Å². The van der Waals surface area contributed by atoms with Crippen LogP contribution in [0.25, 0.3) is 0 Å². The van der Waals surface area contributed by atoms with E-state index in [1.54, 1.807) is 12.1 Å². The summed E-state index contributed by atoms with van der Waals surface area (Å²) in [5, 5.41) is -0.186. The highest BCUT2D eigenvalue weighted by Gasteiger charge is 2.40. The summed E-state index contributed by atoms with van der Waals surface area (Å²) in [5.74, 6) is 4.77. The van der Waals surface area contributed by atoms with Crippen LogP contribution in [0, 0.1) is 35.4 Å². The van der Waals surface area contributed by atoms with Crippen LogP contribution in [-0.4, -0.2) is 15.9 Å². The monoisotopic (exact) mass is 399 g/mol. The molecule has 7 heteroatoms. The lowest BCUT2D eigenvalue weighted by Crippen LogP contribution is -2.37. The van der Waals surface area contributed by atoms with E-state index in [0.29, 0.717) is 17.4 Å². The average molecular weight is 400 g/mol. The van der Waals surface area contributed by atoms with Crippen LogP contribution in [0.15, 0.2) is 30.3 Å². The van der Waals surface area contributed by atoms with Gasteiger partial charge in [0.25, 0.3) is 0 Å². The number of hydrogen-bond donors (Lipinski definition) is 1. The molecule has 1 aromatic heterocycles. The van der Waals surface area contributed by atoms with Crippen molar-refractivity contribution in [3.63, 3.8) is 0 Å². The number of halogens is 2. The second-order valence-electron chi connectivity index (χ2n) is 7.27. The lowest BCUT2D eigenvalue weighted by molar-refractivity contribution is -0.151. The summed E-state index contributed by atoms with van der Waals surface area (Å²) in [6.07, 6.45) is 5.31. The van der Waals surface area contributed by atoms with E-state index in [1.165, 1.54) is 12.8 Å². The van der Waals surface area contributed by atoms with Crippen molar-refractivity contribution in [1.29, 1.82) is 0 Å². The summed E-state index contributed by atoms with van der Waals surface area (Å²) >= 11 is 5.88. The van der Waals surface area contributed by atoms with Gasteiger partial charge in [-0.25, -0.2) is 9.78 Å². The van der Waals surface area contributed by atoms with Gasteiger partial charge in [-0.15, -0.1) is 0 Å². The van der Waals surface area contributed by atoms with Crippen molar-refractivity contribution in [3.8, 4) is 11.8 Å². The molecule has 1 atom stereocenters. The first-order chi connectivity index (χ1) is 13.6. The van der Waals surface area contributed by atoms with Gasteiger partial charge in [-0.2, -0.15) is 14.9 Å². The predicted molar refractivity (Wildman–Crippen MR) is 103 cm³/mol. The number of aromatic nitrogens is 2. The van der Waals surface area contributed by atoms with Crippen LogP contribution in [0.5, 0.6) is 0 Å². The van der Waals surface area contributed by atoms with Gasteiger partial charge in [0.1, 0.15) is 0 Å². The first kappa shape index (κ1) is 18.7. The Morgan fingerprint density at radius 3 is 2.57 bits per heavy atom. The second-order valence-corrected chi connectivity index (χ2v) is 7.60. The molecule has 1 N–H and O–H groups in total. The van der Waals surface area contributed by atoms with Gasteiger partial charge in [-0.05, 0) is 60.8 Å². The third kappa shape index (κ3) is 4.10. The maximum Gasteiger partial charge on any atom is 0.335 e. The van der Waals surface area contributed by atoms with E-state index in [0.717, 1.165) is 19.3 Å². The fourth-order valence-electron chi connectivity index (χ4n) is 4.06. The molecule has 5 rings (SSSR count). The van der Waals surface area contributed by atoms with Crippen molar-refractivity contribution in [2.75, 3.05) is 5.48 Å². The van der Waals surface area contributed by atoms with Crippen molar-refractivity contribution in [3.05, 3.63) is 52.7 Å². The molecule has 2 aromatic rings. The summed E-state index contributed by atoms with van der Waals surface area (Å²) in [4.78, 5) is 25.2. The minimum atomic E-state index is -0.814.